The van der Waals surface area contributed by atoms with Gasteiger partial charge >= 0.3 is 5.97 Å². The van der Waals surface area contributed by atoms with Gasteiger partial charge in [0.05, 0.1) is 25.4 Å². The Kier molecular flexibility index (Phi) is 49.6. The van der Waals surface area contributed by atoms with Crippen molar-refractivity contribution in [3.05, 3.63) is 24.3 Å². The molecule has 0 bridgehead atoms. The standard InChI is InChI=1S/C55H105NO5/c1-3-5-7-9-11-13-14-15-16-19-23-26-29-33-37-41-45-49-55(60)61-50-46-42-38-34-30-27-24-21-18-17-20-22-25-28-32-36-40-44-48-54(59)56-52(51-57)53(58)47-43-39-35-31-12-10-8-6-4-2/h15-16,43,47,52-53,57-58H,3-14,17-42,44-46,48-51H2,1-2H3,(H,56,59)/b16-15-,47-43+. The highest BCUT2D eigenvalue weighted by Gasteiger charge is 2.18. The number of allylic oxidation sites excluding steroid dienone is 3. The van der Waals surface area contributed by atoms with Crippen molar-refractivity contribution in [1.82, 2.24) is 5.32 Å². The third kappa shape index (κ3) is 47.7. The SMILES string of the molecule is CCCCCCCC/C=C\CCCCCCCCCC(=O)OCCCCCCCCCCCCCCCCCCCCC(=O)NC(CO)C(O)/C=C/CCCCCCCCC. The summed E-state index contributed by atoms with van der Waals surface area (Å²) in [5.74, 6) is -0.0719. The van der Waals surface area contributed by atoms with E-state index in [1.54, 1.807) is 6.08 Å². The molecule has 360 valence electrons. The Hall–Kier alpha value is -1.66. The van der Waals surface area contributed by atoms with E-state index in [1.165, 1.54) is 218 Å². The highest BCUT2D eigenvalue weighted by atomic mass is 16.5. The number of esters is 1. The number of unbranched alkanes of at least 4 members (excludes halogenated alkanes) is 37. The van der Waals surface area contributed by atoms with Crippen LogP contribution in [0.5, 0.6) is 0 Å². The highest BCUT2D eigenvalue weighted by molar-refractivity contribution is 5.76. The molecule has 2 unspecified atom stereocenters. The first-order valence-electron chi connectivity index (χ1n) is 27.1. The van der Waals surface area contributed by atoms with Crippen LogP contribution in [0.15, 0.2) is 24.3 Å². The molecular formula is C55H105NO5. The number of hydrogen-bond donors (Lipinski definition) is 3. The lowest BCUT2D eigenvalue weighted by molar-refractivity contribution is -0.143. The Morgan fingerprint density at radius 1 is 0.443 bits per heavy atom. The van der Waals surface area contributed by atoms with Crippen molar-refractivity contribution in [2.24, 2.45) is 0 Å². The van der Waals surface area contributed by atoms with Crippen molar-refractivity contribution >= 4 is 11.9 Å². The summed E-state index contributed by atoms with van der Waals surface area (Å²) in [6, 6.07) is -0.628. The van der Waals surface area contributed by atoms with Gasteiger partial charge in [-0.3, -0.25) is 9.59 Å². The number of aliphatic hydroxyl groups is 2. The van der Waals surface area contributed by atoms with Crippen molar-refractivity contribution in [3.8, 4) is 0 Å². The predicted octanol–water partition coefficient (Wildman–Crippen LogP) is 16.3. The first-order valence-corrected chi connectivity index (χ1v) is 27.1. The maximum absolute atomic E-state index is 12.4. The molecule has 2 atom stereocenters. The molecule has 61 heavy (non-hydrogen) atoms. The van der Waals surface area contributed by atoms with Crippen molar-refractivity contribution in [2.45, 2.75) is 302 Å². The molecule has 0 aromatic heterocycles. The summed E-state index contributed by atoms with van der Waals surface area (Å²) >= 11 is 0. The lowest BCUT2D eigenvalue weighted by Gasteiger charge is -2.20. The Morgan fingerprint density at radius 3 is 1.16 bits per heavy atom. The van der Waals surface area contributed by atoms with Gasteiger partial charge in [-0.2, -0.15) is 0 Å². The monoisotopic (exact) mass is 860 g/mol. The molecule has 0 heterocycles. The molecule has 0 saturated carbocycles. The zero-order valence-electron chi connectivity index (χ0n) is 40.9. The minimum Gasteiger partial charge on any atom is -0.466 e. The van der Waals surface area contributed by atoms with Crippen molar-refractivity contribution < 1.29 is 24.5 Å². The molecule has 1 amide bonds. The summed E-state index contributed by atoms with van der Waals surface area (Å²) < 4.78 is 5.48. The van der Waals surface area contributed by atoms with E-state index in [4.69, 9.17) is 4.74 Å². The van der Waals surface area contributed by atoms with Crippen LogP contribution in [0.2, 0.25) is 0 Å². The van der Waals surface area contributed by atoms with E-state index in [0.29, 0.717) is 19.4 Å². The summed E-state index contributed by atoms with van der Waals surface area (Å²) in [5.41, 5.74) is 0. The second-order valence-electron chi connectivity index (χ2n) is 18.6. The van der Waals surface area contributed by atoms with Crippen LogP contribution in [0.4, 0.5) is 0 Å². The molecule has 6 heteroatoms. The van der Waals surface area contributed by atoms with Gasteiger partial charge in [0, 0.05) is 12.8 Å². The second-order valence-corrected chi connectivity index (χ2v) is 18.6. The summed E-state index contributed by atoms with van der Waals surface area (Å²) in [6.45, 7) is 4.86. The van der Waals surface area contributed by atoms with E-state index in [0.717, 1.165) is 44.9 Å². The van der Waals surface area contributed by atoms with Gasteiger partial charge in [-0.05, 0) is 57.8 Å². The van der Waals surface area contributed by atoms with E-state index in [-0.39, 0.29) is 18.5 Å². The fraction of sp³-hybridized carbons (Fsp3) is 0.891. The summed E-state index contributed by atoms with van der Waals surface area (Å²) in [5, 5.41) is 22.9. The number of hydrogen-bond acceptors (Lipinski definition) is 5. The summed E-state index contributed by atoms with van der Waals surface area (Å²) in [7, 11) is 0. The minimum absolute atomic E-state index is 0.00276. The van der Waals surface area contributed by atoms with Crippen LogP contribution in [-0.2, 0) is 14.3 Å². The normalized spacial score (nSPS) is 12.8. The quantitative estimate of drug-likeness (QED) is 0.0322. The fourth-order valence-electron chi connectivity index (χ4n) is 8.27. The van der Waals surface area contributed by atoms with Crippen LogP contribution in [0.25, 0.3) is 0 Å². The minimum atomic E-state index is -0.844. The third-order valence-electron chi connectivity index (χ3n) is 12.5. The number of amides is 1. The maximum Gasteiger partial charge on any atom is 0.305 e. The lowest BCUT2D eigenvalue weighted by atomic mass is 10.0. The van der Waals surface area contributed by atoms with Gasteiger partial charge < -0.3 is 20.3 Å². The summed E-state index contributed by atoms with van der Waals surface area (Å²) in [4.78, 5) is 24.4. The fourth-order valence-corrected chi connectivity index (χ4v) is 8.27. The van der Waals surface area contributed by atoms with Crippen LogP contribution in [0.3, 0.4) is 0 Å². The molecule has 6 nitrogen and oxygen atoms in total. The Morgan fingerprint density at radius 2 is 0.770 bits per heavy atom. The largest absolute Gasteiger partial charge is 0.466 e. The van der Waals surface area contributed by atoms with Crippen LogP contribution < -0.4 is 5.32 Å². The van der Waals surface area contributed by atoms with Gasteiger partial charge in [0.1, 0.15) is 0 Å². The van der Waals surface area contributed by atoms with Gasteiger partial charge in [0.2, 0.25) is 5.91 Å². The van der Waals surface area contributed by atoms with Gasteiger partial charge in [0.15, 0.2) is 0 Å². The van der Waals surface area contributed by atoms with Gasteiger partial charge in [-0.1, -0.05) is 244 Å². The first-order chi connectivity index (χ1) is 30.0. The van der Waals surface area contributed by atoms with Crippen LogP contribution in [0, 0.1) is 0 Å². The second kappa shape index (κ2) is 51.0. The highest BCUT2D eigenvalue weighted by Crippen LogP contribution is 2.16. The predicted molar refractivity (Wildman–Crippen MR) is 264 cm³/mol. The van der Waals surface area contributed by atoms with E-state index < -0.39 is 12.1 Å². The molecule has 0 aromatic carbocycles. The van der Waals surface area contributed by atoms with E-state index in [2.05, 4.69) is 31.3 Å². The lowest BCUT2D eigenvalue weighted by Crippen LogP contribution is -2.45. The van der Waals surface area contributed by atoms with E-state index in [1.807, 2.05) is 6.08 Å². The van der Waals surface area contributed by atoms with Gasteiger partial charge in [-0.25, -0.2) is 0 Å². The average molecular weight is 860 g/mol. The van der Waals surface area contributed by atoms with Gasteiger partial charge in [0.25, 0.3) is 0 Å². The summed E-state index contributed by atoms with van der Waals surface area (Å²) in [6.07, 6.45) is 60.5. The van der Waals surface area contributed by atoms with E-state index >= 15 is 0 Å². The van der Waals surface area contributed by atoms with Crippen molar-refractivity contribution in [2.75, 3.05) is 13.2 Å². The number of carbonyl (C=O) groups is 2. The molecule has 0 spiro atoms. The molecule has 3 N–H and O–H groups in total. The average Bonchev–Trinajstić information content (AvgIpc) is 3.26. The van der Waals surface area contributed by atoms with Crippen molar-refractivity contribution in [3.63, 3.8) is 0 Å². The Labute approximate surface area is 380 Å². The number of ether oxygens (including phenoxy) is 1. The van der Waals surface area contributed by atoms with E-state index in [9.17, 15) is 19.8 Å². The molecule has 0 aromatic rings. The molecule has 0 rings (SSSR count). The Bertz CT molecular complexity index is 951. The van der Waals surface area contributed by atoms with Crippen LogP contribution >= 0.6 is 0 Å². The third-order valence-corrected chi connectivity index (χ3v) is 12.5. The Balaban J connectivity index is 3.38. The molecule has 0 aliphatic rings. The smallest absolute Gasteiger partial charge is 0.305 e. The number of carbonyl (C=O) groups excluding carboxylic acids is 2. The van der Waals surface area contributed by atoms with Gasteiger partial charge in [-0.15, -0.1) is 0 Å². The maximum atomic E-state index is 12.4. The number of nitrogens with one attached hydrogen (secondary N) is 1. The topological polar surface area (TPSA) is 95.9 Å². The molecule has 0 aliphatic heterocycles. The van der Waals surface area contributed by atoms with Crippen molar-refractivity contribution in [1.29, 1.82) is 0 Å². The number of aliphatic hydroxyl groups excluding tert-OH is 2. The zero-order valence-corrected chi connectivity index (χ0v) is 40.9. The molecule has 0 fully saturated rings. The van der Waals surface area contributed by atoms with Crippen LogP contribution in [-0.4, -0.2) is 47.4 Å². The first kappa shape index (κ1) is 59.3. The zero-order chi connectivity index (χ0) is 44.4. The molecular weight excluding hydrogens is 755 g/mol. The van der Waals surface area contributed by atoms with Crippen LogP contribution in [0.1, 0.15) is 290 Å². The number of rotatable bonds is 50. The molecule has 0 aliphatic carbocycles. The molecule has 0 radical (unpaired) electrons. The molecule has 0 saturated heterocycles.